The van der Waals surface area contributed by atoms with Gasteiger partial charge in [-0.1, -0.05) is 6.07 Å². The standard InChI is InChI=1S/C19H13F3O6/c1-10(23)26-13-6-7-14-15(9-13)28-18(19(20,21)22)17(16(14)24)27-12-5-3-4-11(8-12)25-2/h3-9H,1-2H3. The van der Waals surface area contributed by atoms with Gasteiger partial charge in [0.25, 0.3) is 5.76 Å². The number of benzene rings is 2. The third kappa shape index (κ3) is 3.93. The number of hydrogen-bond acceptors (Lipinski definition) is 6. The third-order valence-corrected chi connectivity index (χ3v) is 3.60. The maximum Gasteiger partial charge on any atom is 0.453 e. The average molecular weight is 394 g/mol. The Bertz CT molecular complexity index is 1100. The predicted octanol–water partition coefficient (Wildman–Crippen LogP) is 4.54. The summed E-state index contributed by atoms with van der Waals surface area (Å²) in [5.41, 5.74) is -1.42. The number of halogens is 3. The number of carbonyl (C=O) groups excluding carboxylic acids is 1. The number of ether oxygens (including phenoxy) is 3. The second-order valence-electron chi connectivity index (χ2n) is 5.62. The molecular formula is C19H13F3O6. The molecule has 6 nitrogen and oxygen atoms in total. The van der Waals surface area contributed by atoms with Crippen LogP contribution in [0.25, 0.3) is 11.0 Å². The van der Waals surface area contributed by atoms with E-state index < -0.39 is 34.7 Å². The Kier molecular flexibility index (Phi) is 5.00. The van der Waals surface area contributed by atoms with Crippen LogP contribution in [0.5, 0.6) is 23.0 Å². The first-order chi connectivity index (χ1) is 13.2. The lowest BCUT2D eigenvalue weighted by molar-refractivity contribution is -0.154. The van der Waals surface area contributed by atoms with Gasteiger partial charge < -0.3 is 18.6 Å². The summed E-state index contributed by atoms with van der Waals surface area (Å²) >= 11 is 0. The number of alkyl halides is 3. The van der Waals surface area contributed by atoms with E-state index in [-0.39, 0.29) is 16.9 Å². The van der Waals surface area contributed by atoms with E-state index in [4.69, 9.17) is 18.6 Å². The molecule has 9 heteroatoms. The summed E-state index contributed by atoms with van der Waals surface area (Å²) in [6, 6.07) is 9.25. The van der Waals surface area contributed by atoms with Gasteiger partial charge in [-0.05, 0) is 24.3 Å². The van der Waals surface area contributed by atoms with E-state index in [2.05, 4.69) is 0 Å². The molecule has 146 valence electrons. The van der Waals surface area contributed by atoms with E-state index in [1.165, 1.54) is 37.4 Å². The molecule has 0 saturated heterocycles. The smallest absolute Gasteiger partial charge is 0.453 e. The van der Waals surface area contributed by atoms with E-state index in [1.54, 1.807) is 6.07 Å². The summed E-state index contributed by atoms with van der Waals surface area (Å²) in [6.07, 6.45) is -5.00. The molecule has 3 rings (SSSR count). The van der Waals surface area contributed by atoms with E-state index in [0.717, 1.165) is 13.0 Å². The minimum atomic E-state index is -5.00. The van der Waals surface area contributed by atoms with Crippen LogP contribution in [0, 0.1) is 0 Å². The molecule has 0 amide bonds. The van der Waals surface area contributed by atoms with Crippen LogP contribution in [0.3, 0.4) is 0 Å². The van der Waals surface area contributed by atoms with Gasteiger partial charge in [0, 0.05) is 19.1 Å². The Morgan fingerprint density at radius 2 is 1.75 bits per heavy atom. The Balaban J connectivity index is 2.18. The van der Waals surface area contributed by atoms with Gasteiger partial charge in [-0.3, -0.25) is 9.59 Å². The maximum absolute atomic E-state index is 13.5. The van der Waals surface area contributed by atoms with Gasteiger partial charge in [0.1, 0.15) is 22.8 Å². The van der Waals surface area contributed by atoms with Gasteiger partial charge >= 0.3 is 12.1 Å². The Hall–Kier alpha value is -3.49. The zero-order valence-electron chi connectivity index (χ0n) is 14.6. The van der Waals surface area contributed by atoms with Gasteiger partial charge in [-0.2, -0.15) is 13.2 Å². The molecule has 0 fully saturated rings. The second kappa shape index (κ2) is 7.26. The molecule has 28 heavy (non-hydrogen) atoms. The molecule has 0 aliphatic carbocycles. The summed E-state index contributed by atoms with van der Waals surface area (Å²) in [5.74, 6) is -3.04. The van der Waals surface area contributed by atoms with Crippen LogP contribution in [-0.4, -0.2) is 13.1 Å². The zero-order valence-corrected chi connectivity index (χ0v) is 14.6. The number of esters is 1. The fourth-order valence-electron chi connectivity index (χ4n) is 2.45. The van der Waals surface area contributed by atoms with Crippen LogP contribution in [0.2, 0.25) is 0 Å². The molecule has 0 bridgehead atoms. The lowest BCUT2D eigenvalue weighted by Gasteiger charge is -2.14. The molecular weight excluding hydrogens is 381 g/mol. The molecule has 1 heterocycles. The largest absolute Gasteiger partial charge is 0.497 e. The van der Waals surface area contributed by atoms with Crippen molar-refractivity contribution in [3.8, 4) is 23.0 Å². The molecule has 0 aliphatic heterocycles. The lowest BCUT2D eigenvalue weighted by Crippen LogP contribution is -2.15. The highest BCUT2D eigenvalue weighted by molar-refractivity contribution is 5.81. The molecule has 0 unspecified atom stereocenters. The zero-order chi connectivity index (χ0) is 20.5. The summed E-state index contributed by atoms with van der Waals surface area (Å²) in [7, 11) is 1.38. The minimum absolute atomic E-state index is 0.0342. The predicted molar refractivity (Wildman–Crippen MR) is 91.9 cm³/mol. The van der Waals surface area contributed by atoms with Crippen molar-refractivity contribution in [3.63, 3.8) is 0 Å². The molecule has 3 aromatic rings. The minimum Gasteiger partial charge on any atom is -0.497 e. The van der Waals surface area contributed by atoms with Gasteiger partial charge in [-0.25, -0.2) is 0 Å². The molecule has 0 radical (unpaired) electrons. The molecule has 0 aliphatic rings. The Labute approximate surface area is 156 Å². The van der Waals surface area contributed by atoms with Gasteiger partial charge in [-0.15, -0.1) is 0 Å². The summed E-state index contributed by atoms with van der Waals surface area (Å²) in [6.45, 7) is 1.13. The van der Waals surface area contributed by atoms with E-state index in [9.17, 15) is 22.8 Å². The summed E-state index contributed by atoms with van der Waals surface area (Å²) in [5, 5.41) is -0.165. The normalized spacial score (nSPS) is 11.3. The van der Waals surface area contributed by atoms with Crippen LogP contribution >= 0.6 is 0 Å². The van der Waals surface area contributed by atoms with Crippen molar-refractivity contribution >= 4 is 16.9 Å². The second-order valence-corrected chi connectivity index (χ2v) is 5.62. The van der Waals surface area contributed by atoms with E-state index >= 15 is 0 Å². The van der Waals surface area contributed by atoms with Crippen LogP contribution < -0.4 is 19.6 Å². The topological polar surface area (TPSA) is 75.0 Å². The van der Waals surface area contributed by atoms with Gasteiger partial charge in [0.05, 0.1) is 12.5 Å². The van der Waals surface area contributed by atoms with Crippen molar-refractivity contribution in [1.29, 1.82) is 0 Å². The monoisotopic (exact) mass is 394 g/mol. The first-order valence-electron chi connectivity index (χ1n) is 7.87. The fraction of sp³-hybridized carbons (Fsp3) is 0.158. The van der Waals surface area contributed by atoms with Crippen LogP contribution in [0.4, 0.5) is 13.2 Å². The first-order valence-corrected chi connectivity index (χ1v) is 7.87. The van der Waals surface area contributed by atoms with Crippen molar-refractivity contribution < 1.29 is 36.6 Å². The summed E-state index contributed by atoms with van der Waals surface area (Å²) < 4.78 is 60.4. The highest BCUT2D eigenvalue weighted by Gasteiger charge is 2.40. The van der Waals surface area contributed by atoms with E-state index in [1.807, 2.05) is 0 Å². The maximum atomic E-state index is 13.5. The molecule has 2 aromatic carbocycles. The number of carbonyl (C=O) groups is 1. The molecule has 1 aromatic heterocycles. The Morgan fingerprint density at radius 1 is 1.04 bits per heavy atom. The molecule has 0 atom stereocenters. The lowest BCUT2D eigenvalue weighted by atomic mass is 10.2. The Morgan fingerprint density at radius 3 is 2.39 bits per heavy atom. The molecule has 0 spiro atoms. The van der Waals surface area contributed by atoms with Crippen molar-refractivity contribution in [2.24, 2.45) is 0 Å². The molecule has 0 saturated carbocycles. The highest BCUT2D eigenvalue weighted by atomic mass is 19.4. The van der Waals surface area contributed by atoms with Gasteiger partial charge in [0.2, 0.25) is 11.2 Å². The van der Waals surface area contributed by atoms with Gasteiger partial charge in [0.15, 0.2) is 0 Å². The van der Waals surface area contributed by atoms with Crippen LogP contribution in [0.1, 0.15) is 12.7 Å². The fourth-order valence-corrected chi connectivity index (χ4v) is 2.45. The van der Waals surface area contributed by atoms with Crippen molar-refractivity contribution in [1.82, 2.24) is 0 Å². The first kappa shape index (κ1) is 19.3. The quantitative estimate of drug-likeness (QED) is 0.478. The van der Waals surface area contributed by atoms with Crippen LogP contribution in [-0.2, 0) is 11.0 Å². The number of fused-ring (bicyclic) bond motifs is 1. The number of methoxy groups -OCH3 is 1. The van der Waals surface area contributed by atoms with Crippen molar-refractivity contribution in [3.05, 3.63) is 58.4 Å². The van der Waals surface area contributed by atoms with Crippen molar-refractivity contribution in [2.45, 2.75) is 13.1 Å². The summed E-state index contributed by atoms with van der Waals surface area (Å²) in [4.78, 5) is 23.7. The molecule has 0 N–H and O–H groups in total. The van der Waals surface area contributed by atoms with E-state index in [0.29, 0.717) is 5.75 Å². The number of rotatable bonds is 4. The van der Waals surface area contributed by atoms with Crippen LogP contribution in [0.15, 0.2) is 51.7 Å². The average Bonchev–Trinajstić information content (AvgIpc) is 2.62. The third-order valence-electron chi connectivity index (χ3n) is 3.60. The SMILES string of the molecule is COc1cccc(Oc2c(C(F)(F)F)oc3cc(OC(C)=O)ccc3c2=O)c1. The van der Waals surface area contributed by atoms with Crippen molar-refractivity contribution in [2.75, 3.05) is 7.11 Å². The number of hydrogen-bond donors (Lipinski definition) is 0. The highest BCUT2D eigenvalue weighted by Crippen LogP contribution is 2.39.